The lowest BCUT2D eigenvalue weighted by Crippen LogP contribution is -2.43. The summed E-state index contributed by atoms with van der Waals surface area (Å²) in [7, 11) is 0. The average Bonchev–Trinajstić information content (AvgIpc) is 2.26. The second-order valence-electron chi connectivity index (χ2n) is 7.49. The lowest BCUT2D eigenvalue weighted by atomic mass is 9.82. The molecule has 20 heavy (non-hydrogen) atoms. The summed E-state index contributed by atoms with van der Waals surface area (Å²) >= 11 is 0. The van der Waals surface area contributed by atoms with Crippen LogP contribution >= 0.6 is 0 Å². The van der Waals surface area contributed by atoms with Crippen molar-refractivity contribution in [2.24, 2.45) is 11.1 Å². The van der Waals surface area contributed by atoms with E-state index in [1.807, 2.05) is 0 Å². The number of halogens is 1. The fourth-order valence-electron chi connectivity index (χ4n) is 2.83. The van der Waals surface area contributed by atoms with Crippen molar-refractivity contribution in [1.29, 1.82) is 0 Å². The molecule has 0 radical (unpaired) electrons. The molecule has 1 aromatic rings. The van der Waals surface area contributed by atoms with Crippen molar-refractivity contribution in [1.82, 2.24) is 5.32 Å². The molecule has 0 aliphatic rings. The first-order valence-electron chi connectivity index (χ1n) is 7.35. The molecule has 1 aromatic carbocycles. The zero-order chi connectivity index (χ0) is 15.4. The molecule has 0 saturated carbocycles. The van der Waals surface area contributed by atoms with Crippen molar-refractivity contribution < 1.29 is 4.39 Å². The van der Waals surface area contributed by atoms with Crippen LogP contribution in [-0.4, -0.2) is 12.1 Å². The molecule has 0 aromatic heterocycles. The van der Waals surface area contributed by atoms with E-state index in [9.17, 15) is 4.39 Å². The Morgan fingerprint density at radius 2 is 1.65 bits per heavy atom. The second kappa shape index (κ2) is 6.68. The van der Waals surface area contributed by atoms with Crippen LogP contribution in [0.5, 0.6) is 0 Å². The molecule has 1 unspecified atom stereocenters. The summed E-state index contributed by atoms with van der Waals surface area (Å²) in [6.45, 7) is 12.1. The van der Waals surface area contributed by atoms with Gasteiger partial charge < -0.3 is 11.1 Å². The first-order valence-corrected chi connectivity index (χ1v) is 7.35. The zero-order valence-corrected chi connectivity index (χ0v) is 13.5. The van der Waals surface area contributed by atoms with E-state index in [0.717, 1.165) is 24.9 Å². The number of rotatable bonds is 6. The molecule has 1 rings (SSSR count). The molecule has 0 amide bonds. The Bertz CT molecular complexity index is 404. The monoisotopic (exact) mass is 280 g/mol. The van der Waals surface area contributed by atoms with Gasteiger partial charge in [-0.15, -0.1) is 0 Å². The molecule has 0 spiro atoms. The molecular formula is C17H29FN2. The number of hydrogen-bond acceptors (Lipinski definition) is 2. The largest absolute Gasteiger partial charge is 0.324 e. The van der Waals surface area contributed by atoms with Crippen molar-refractivity contribution >= 4 is 0 Å². The molecule has 2 nitrogen and oxygen atoms in total. The van der Waals surface area contributed by atoms with Gasteiger partial charge in [-0.1, -0.05) is 32.9 Å². The van der Waals surface area contributed by atoms with Crippen LogP contribution in [0.15, 0.2) is 24.3 Å². The standard InChI is InChI=1S/C17H29FN2/c1-16(2,3)12-17(4,5)20-11-10-15(19)13-6-8-14(18)9-7-13/h6-9,15,20H,10-12,19H2,1-5H3. The lowest BCUT2D eigenvalue weighted by Gasteiger charge is -2.34. The molecule has 1 atom stereocenters. The summed E-state index contributed by atoms with van der Waals surface area (Å²) in [5, 5.41) is 3.57. The molecule has 0 saturated heterocycles. The van der Waals surface area contributed by atoms with Crippen LogP contribution < -0.4 is 11.1 Å². The normalized spacial score (nSPS) is 14.3. The third kappa shape index (κ3) is 6.49. The van der Waals surface area contributed by atoms with Crippen molar-refractivity contribution in [3.05, 3.63) is 35.6 Å². The minimum absolute atomic E-state index is 0.0477. The van der Waals surface area contributed by atoms with E-state index in [1.54, 1.807) is 12.1 Å². The Balaban J connectivity index is 2.42. The first kappa shape index (κ1) is 17.1. The van der Waals surface area contributed by atoms with Gasteiger partial charge in [-0.05, 0) is 56.3 Å². The van der Waals surface area contributed by atoms with Gasteiger partial charge in [0.2, 0.25) is 0 Å². The van der Waals surface area contributed by atoms with Gasteiger partial charge in [-0.25, -0.2) is 4.39 Å². The van der Waals surface area contributed by atoms with Crippen molar-refractivity contribution in [2.45, 2.75) is 59.0 Å². The second-order valence-corrected chi connectivity index (χ2v) is 7.49. The summed E-state index contributed by atoms with van der Waals surface area (Å²) in [6.07, 6.45) is 1.95. The fourth-order valence-corrected chi connectivity index (χ4v) is 2.83. The van der Waals surface area contributed by atoms with Crippen molar-refractivity contribution in [2.75, 3.05) is 6.54 Å². The van der Waals surface area contributed by atoms with E-state index in [2.05, 4.69) is 39.9 Å². The Kier molecular flexibility index (Phi) is 5.72. The van der Waals surface area contributed by atoms with Gasteiger partial charge in [0, 0.05) is 11.6 Å². The van der Waals surface area contributed by atoms with Crippen LogP contribution in [0.4, 0.5) is 4.39 Å². The highest BCUT2D eigenvalue weighted by Gasteiger charge is 2.24. The highest BCUT2D eigenvalue weighted by molar-refractivity contribution is 5.19. The Morgan fingerprint density at radius 1 is 1.10 bits per heavy atom. The third-order valence-corrected chi connectivity index (χ3v) is 3.33. The van der Waals surface area contributed by atoms with Gasteiger partial charge in [0.15, 0.2) is 0 Å². The molecule has 0 heterocycles. The number of benzene rings is 1. The van der Waals surface area contributed by atoms with Crippen LogP contribution in [-0.2, 0) is 0 Å². The maximum absolute atomic E-state index is 12.9. The fraction of sp³-hybridized carbons (Fsp3) is 0.647. The van der Waals surface area contributed by atoms with Gasteiger partial charge in [0.1, 0.15) is 5.82 Å². The van der Waals surface area contributed by atoms with E-state index in [0.29, 0.717) is 5.41 Å². The van der Waals surface area contributed by atoms with Gasteiger partial charge in [-0.2, -0.15) is 0 Å². The minimum Gasteiger partial charge on any atom is -0.324 e. The number of nitrogens with two attached hydrogens (primary N) is 1. The van der Waals surface area contributed by atoms with E-state index < -0.39 is 0 Å². The molecule has 0 bridgehead atoms. The van der Waals surface area contributed by atoms with Crippen molar-refractivity contribution in [3.8, 4) is 0 Å². The van der Waals surface area contributed by atoms with Gasteiger partial charge >= 0.3 is 0 Å². The third-order valence-electron chi connectivity index (χ3n) is 3.33. The number of nitrogens with one attached hydrogen (secondary N) is 1. The Hall–Kier alpha value is -0.930. The predicted molar refractivity (Wildman–Crippen MR) is 84.1 cm³/mol. The van der Waals surface area contributed by atoms with Gasteiger partial charge in [0.05, 0.1) is 0 Å². The molecule has 3 N–H and O–H groups in total. The summed E-state index contributed by atoms with van der Waals surface area (Å²) in [5.41, 5.74) is 7.53. The quantitative estimate of drug-likeness (QED) is 0.826. The Morgan fingerprint density at radius 3 is 2.15 bits per heavy atom. The highest BCUT2D eigenvalue weighted by Crippen LogP contribution is 2.26. The van der Waals surface area contributed by atoms with Crippen LogP contribution in [0, 0.1) is 11.2 Å². The van der Waals surface area contributed by atoms with Crippen LogP contribution in [0.2, 0.25) is 0 Å². The van der Waals surface area contributed by atoms with E-state index in [-0.39, 0.29) is 17.4 Å². The Labute approximate surface area is 123 Å². The van der Waals surface area contributed by atoms with Gasteiger partial charge in [0.25, 0.3) is 0 Å². The lowest BCUT2D eigenvalue weighted by molar-refractivity contribution is 0.240. The van der Waals surface area contributed by atoms with Crippen LogP contribution in [0.3, 0.4) is 0 Å². The maximum atomic E-state index is 12.9. The molecular weight excluding hydrogens is 251 g/mol. The molecule has 3 heteroatoms. The van der Waals surface area contributed by atoms with Gasteiger partial charge in [-0.3, -0.25) is 0 Å². The first-order chi connectivity index (χ1) is 9.09. The number of hydrogen-bond donors (Lipinski definition) is 2. The molecule has 0 aliphatic heterocycles. The van der Waals surface area contributed by atoms with Crippen molar-refractivity contribution in [3.63, 3.8) is 0 Å². The molecule has 0 aliphatic carbocycles. The maximum Gasteiger partial charge on any atom is 0.123 e. The summed E-state index contributed by atoms with van der Waals surface area (Å²) in [4.78, 5) is 0. The highest BCUT2D eigenvalue weighted by atomic mass is 19.1. The topological polar surface area (TPSA) is 38.0 Å². The van der Waals surface area contributed by atoms with E-state index >= 15 is 0 Å². The summed E-state index contributed by atoms with van der Waals surface area (Å²) < 4.78 is 12.9. The van der Waals surface area contributed by atoms with E-state index in [4.69, 9.17) is 5.73 Å². The molecule has 0 fully saturated rings. The van der Waals surface area contributed by atoms with Crippen LogP contribution in [0.1, 0.15) is 59.1 Å². The smallest absolute Gasteiger partial charge is 0.123 e. The molecule has 114 valence electrons. The predicted octanol–water partition coefficient (Wildman–Crippen LogP) is 4.02. The van der Waals surface area contributed by atoms with Crippen LogP contribution in [0.25, 0.3) is 0 Å². The minimum atomic E-state index is -0.217. The summed E-state index contributed by atoms with van der Waals surface area (Å²) in [5.74, 6) is -0.217. The average molecular weight is 280 g/mol. The SMILES string of the molecule is CC(C)(C)CC(C)(C)NCCC(N)c1ccc(F)cc1. The zero-order valence-electron chi connectivity index (χ0n) is 13.5. The summed E-state index contributed by atoms with van der Waals surface area (Å²) in [6, 6.07) is 6.41. The van der Waals surface area contributed by atoms with E-state index in [1.165, 1.54) is 12.1 Å².